The van der Waals surface area contributed by atoms with Crippen molar-refractivity contribution in [2.45, 2.75) is 74.7 Å². The molecule has 0 aliphatic carbocycles. The first-order valence-corrected chi connectivity index (χ1v) is 36.1. The highest BCUT2D eigenvalue weighted by Crippen LogP contribution is 2.29. The van der Waals surface area contributed by atoms with Crippen LogP contribution in [0.4, 0.5) is 0 Å². The Morgan fingerprint density at radius 3 is 0.967 bits per heavy atom. The number of aryl methyl sites for hydroxylation is 7. The fourth-order valence-electron chi connectivity index (χ4n) is 9.95. The first-order chi connectivity index (χ1) is 44.6. The van der Waals surface area contributed by atoms with Crippen molar-refractivity contribution >= 4 is 29.6 Å². The van der Waals surface area contributed by atoms with Gasteiger partial charge in [-0.2, -0.15) is 0 Å². The first-order valence-electron chi connectivity index (χ1n) is 32.1. The molecule has 0 N–H and O–H groups in total. The molecule has 0 saturated heterocycles. The summed E-state index contributed by atoms with van der Waals surface area (Å²) >= 11 is 0. The van der Waals surface area contributed by atoms with Gasteiger partial charge >= 0.3 is 0 Å². The Bertz CT molecular complexity index is 4270. The van der Waals surface area contributed by atoms with Gasteiger partial charge in [-0.25, -0.2) is 0 Å². The Balaban J connectivity index is 0.000000152. The average molecular weight is 1210 g/mol. The predicted molar refractivity (Wildman–Crippen MR) is 410 cm³/mol. The van der Waals surface area contributed by atoms with Gasteiger partial charge in [-0.1, -0.05) is 400 Å². The van der Waals surface area contributed by atoms with E-state index in [1.54, 1.807) is 0 Å². The standard InChI is InChI=1S/C19H16.3C13H12.2C11H10.C7H8.C4H12Si/c1-15-12-18(16-8-4-2-5-9-16)14-19(13-15)17-10-6-3-7-11-17;1-11-7-5-6-10-13(11)12-8-3-2-4-9-12;1-11-6-5-9-13(10-11)12-7-3-2-4-8-12;1-11-7-9-13(10-8-11)12-5-3-2-4-6-12;1-9-5-4-7-10-6-2-3-8-11(9)10;1-9-6-7-10-4-2-3-5-11(10)8-9;1-7-5-3-2-4-6-7;1-5(2,3)4/h2-14H,1H3;3*2-10H,1H3;2*2-8H,1H3;2-6H,1H3;1-4H3. The van der Waals surface area contributed by atoms with Gasteiger partial charge in [0.15, 0.2) is 0 Å². The number of fused-ring (bicyclic) bond motifs is 2. The third-order valence-electron chi connectivity index (χ3n) is 14.7. The summed E-state index contributed by atoms with van der Waals surface area (Å²) in [7, 11) is -0.611. The molecule has 14 aromatic carbocycles. The molecule has 0 atom stereocenters. The van der Waals surface area contributed by atoms with Crippen LogP contribution in [0.3, 0.4) is 0 Å². The van der Waals surface area contributed by atoms with Gasteiger partial charge in [0.1, 0.15) is 0 Å². The van der Waals surface area contributed by atoms with Crippen molar-refractivity contribution in [2.24, 2.45) is 0 Å². The van der Waals surface area contributed by atoms with Crippen LogP contribution < -0.4 is 0 Å². The Kier molecular flexibility index (Phi) is 27.9. The van der Waals surface area contributed by atoms with Crippen LogP contribution in [0.5, 0.6) is 0 Å². The van der Waals surface area contributed by atoms with E-state index >= 15 is 0 Å². The largest absolute Gasteiger partial charge is 0.0697 e. The van der Waals surface area contributed by atoms with Gasteiger partial charge < -0.3 is 0 Å². The molecule has 92 heavy (non-hydrogen) atoms. The molecule has 0 radical (unpaired) electrons. The zero-order chi connectivity index (χ0) is 65.3. The minimum atomic E-state index is -0.611. The summed E-state index contributed by atoms with van der Waals surface area (Å²) in [6, 6.07) is 125. The number of benzene rings is 14. The van der Waals surface area contributed by atoms with E-state index in [4.69, 9.17) is 0 Å². The summed E-state index contributed by atoms with van der Waals surface area (Å²) < 4.78 is 0. The van der Waals surface area contributed by atoms with Gasteiger partial charge in [-0.3, -0.25) is 0 Å². The van der Waals surface area contributed by atoms with Crippen LogP contribution in [0.1, 0.15) is 38.9 Å². The molecule has 0 bridgehead atoms. The molecule has 0 fully saturated rings. The summed E-state index contributed by atoms with van der Waals surface area (Å²) in [5.74, 6) is 0. The molecule has 0 aliphatic rings. The van der Waals surface area contributed by atoms with Gasteiger partial charge in [-0.05, 0) is 148 Å². The second-order valence-electron chi connectivity index (χ2n) is 24.8. The fourth-order valence-corrected chi connectivity index (χ4v) is 9.95. The Labute approximate surface area is 553 Å². The Hall–Kier alpha value is -10.2. The molecule has 460 valence electrons. The normalized spacial score (nSPS) is 10.1. The van der Waals surface area contributed by atoms with Crippen LogP contribution >= 0.6 is 0 Å². The van der Waals surface area contributed by atoms with Crippen molar-refractivity contribution in [3.05, 3.63) is 397 Å². The third-order valence-corrected chi connectivity index (χ3v) is 14.7. The molecule has 0 heterocycles. The quantitative estimate of drug-likeness (QED) is 0.151. The summed E-state index contributed by atoms with van der Waals surface area (Å²) in [5.41, 5.74) is 22.1. The number of hydrogen-bond donors (Lipinski definition) is 0. The van der Waals surface area contributed by atoms with Crippen molar-refractivity contribution in [3.63, 3.8) is 0 Å². The molecular formula is C91H92Si. The minimum Gasteiger partial charge on any atom is -0.0697 e. The Morgan fingerprint density at radius 2 is 0.489 bits per heavy atom. The maximum atomic E-state index is 2.33. The van der Waals surface area contributed by atoms with E-state index in [0.29, 0.717) is 0 Å². The summed E-state index contributed by atoms with van der Waals surface area (Å²) in [6.07, 6.45) is 0. The van der Waals surface area contributed by atoms with Crippen molar-refractivity contribution in [1.29, 1.82) is 0 Å². The molecule has 0 nitrogen and oxygen atoms in total. The summed E-state index contributed by atoms with van der Waals surface area (Å²) in [6.45, 7) is 24.2. The van der Waals surface area contributed by atoms with Crippen LogP contribution in [0.15, 0.2) is 358 Å². The highest BCUT2D eigenvalue weighted by Gasteiger charge is 2.04. The Morgan fingerprint density at radius 1 is 0.174 bits per heavy atom. The molecule has 14 aromatic rings. The zero-order valence-electron chi connectivity index (χ0n) is 56.1. The molecule has 0 aliphatic heterocycles. The lowest BCUT2D eigenvalue weighted by atomic mass is 9.97. The van der Waals surface area contributed by atoms with E-state index in [2.05, 4.69) is 396 Å². The van der Waals surface area contributed by atoms with Crippen LogP contribution in [0, 0.1) is 48.5 Å². The van der Waals surface area contributed by atoms with Gasteiger partial charge in [0.2, 0.25) is 0 Å². The van der Waals surface area contributed by atoms with Crippen LogP contribution in [0.25, 0.3) is 77.2 Å². The van der Waals surface area contributed by atoms with Crippen molar-refractivity contribution in [1.82, 2.24) is 0 Å². The highest BCUT2D eigenvalue weighted by molar-refractivity contribution is 6.74. The lowest BCUT2D eigenvalue weighted by molar-refractivity contribution is 1.46. The van der Waals surface area contributed by atoms with Crippen LogP contribution in [-0.4, -0.2) is 8.07 Å². The molecular weight excluding hydrogens is 1120 g/mol. The van der Waals surface area contributed by atoms with E-state index in [9.17, 15) is 0 Å². The maximum Gasteiger partial charge on any atom is 0.0411 e. The smallest absolute Gasteiger partial charge is 0.0411 e. The second kappa shape index (κ2) is 37.1. The monoisotopic (exact) mass is 1210 g/mol. The molecule has 0 spiro atoms. The molecule has 0 unspecified atom stereocenters. The molecule has 1 heteroatoms. The van der Waals surface area contributed by atoms with E-state index in [0.717, 1.165) is 0 Å². The number of rotatable bonds is 5. The van der Waals surface area contributed by atoms with Crippen LogP contribution in [0.2, 0.25) is 26.2 Å². The number of hydrogen-bond acceptors (Lipinski definition) is 0. The third kappa shape index (κ3) is 24.7. The van der Waals surface area contributed by atoms with Gasteiger partial charge in [0.25, 0.3) is 0 Å². The van der Waals surface area contributed by atoms with Crippen molar-refractivity contribution in [3.8, 4) is 55.6 Å². The second-order valence-corrected chi connectivity index (χ2v) is 30.8. The minimum absolute atomic E-state index is 0.611. The maximum absolute atomic E-state index is 2.33. The van der Waals surface area contributed by atoms with Gasteiger partial charge in [0, 0.05) is 8.07 Å². The molecule has 0 saturated carbocycles. The molecule has 0 aromatic heterocycles. The zero-order valence-corrected chi connectivity index (χ0v) is 57.1. The molecule has 14 rings (SSSR count). The average Bonchev–Trinajstić information content (AvgIpc) is 1.53. The summed E-state index contributed by atoms with van der Waals surface area (Å²) in [5, 5.41) is 5.33. The SMILES string of the molecule is C[Si](C)(C)C.Cc1cc(-c2ccccc2)cc(-c2ccccc2)c1.Cc1ccc(-c2ccccc2)cc1.Cc1ccc2ccccc2c1.Cc1cccc(-c2ccccc2)c1.Cc1cccc2ccccc12.Cc1ccccc1.Cc1ccccc1-c1ccccc1. The highest BCUT2D eigenvalue weighted by atomic mass is 28.3. The lowest BCUT2D eigenvalue weighted by Crippen LogP contribution is -2.10. The van der Waals surface area contributed by atoms with E-state index in [-0.39, 0.29) is 0 Å². The molecule has 0 amide bonds. The van der Waals surface area contributed by atoms with Crippen molar-refractivity contribution < 1.29 is 0 Å². The summed E-state index contributed by atoms with van der Waals surface area (Å²) in [4.78, 5) is 0. The van der Waals surface area contributed by atoms with Gasteiger partial charge in [-0.15, -0.1) is 0 Å². The first kappa shape index (κ1) is 69.3. The van der Waals surface area contributed by atoms with Crippen LogP contribution in [-0.2, 0) is 0 Å². The van der Waals surface area contributed by atoms with E-state index in [1.165, 1.54) is 116 Å². The fraction of sp³-hybridized carbons (Fsp3) is 0.121. The van der Waals surface area contributed by atoms with Crippen molar-refractivity contribution in [2.75, 3.05) is 0 Å². The lowest BCUT2D eigenvalue weighted by Gasteiger charge is -2.08. The van der Waals surface area contributed by atoms with E-state index < -0.39 is 8.07 Å². The van der Waals surface area contributed by atoms with E-state index in [1.807, 2.05) is 36.4 Å². The predicted octanol–water partition coefficient (Wildman–Crippen LogP) is 26.6. The van der Waals surface area contributed by atoms with Gasteiger partial charge in [0.05, 0.1) is 0 Å². The topological polar surface area (TPSA) is 0 Å².